The maximum Gasteiger partial charge on any atom is 0.160 e. The molecule has 1 aliphatic heterocycles. The Morgan fingerprint density at radius 3 is 1.80 bits per heavy atom. The Bertz CT molecular complexity index is 2060. The van der Waals surface area contributed by atoms with Gasteiger partial charge in [0.15, 0.2) is 5.82 Å². The van der Waals surface area contributed by atoms with Gasteiger partial charge in [0.2, 0.25) is 0 Å². The summed E-state index contributed by atoms with van der Waals surface area (Å²) in [5.74, 6) is 2.41. The van der Waals surface area contributed by atoms with E-state index in [2.05, 4.69) is 109 Å². The van der Waals surface area contributed by atoms with E-state index >= 15 is 0 Å². The summed E-state index contributed by atoms with van der Waals surface area (Å²) in [5, 5.41) is 2.34. The van der Waals surface area contributed by atoms with Crippen molar-refractivity contribution in [1.82, 2.24) is 9.97 Å². The third-order valence-electron chi connectivity index (χ3n) is 7.68. The highest BCUT2D eigenvalue weighted by Gasteiger charge is 2.21. The number of rotatable bonds is 4. The van der Waals surface area contributed by atoms with Crippen molar-refractivity contribution in [1.29, 1.82) is 0 Å². The van der Waals surface area contributed by atoms with E-state index in [1.807, 2.05) is 36.4 Å². The van der Waals surface area contributed by atoms with E-state index in [9.17, 15) is 0 Å². The molecule has 7 aromatic rings. The lowest BCUT2D eigenvalue weighted by Gasteiger charge is -2.22. The number of benzene rings is 6. The number of fused-ring (bicyclic) bond motifs is 2. The second-order valence-corrected chi connectivity index (χ2v) is 10.2. The fourth-order valence-corrected chi connectivity index (χ4v) is 5.67. The van der Waals surface area contributed by atoms with Gasteiger partial charge < -0.3 is 4.74 Å². The van der Waals surface area contributed by atoms with E-state index < -0.39 is 0 Å². The van der Waals surface area contributed by atoms with E-state index in [1.54, 1.807) is 0 Å². The summed E-state index contributed by atoms with van der Waals surface area (Å²) in [6.45, 7) is 0. The van der Waals surface area contributed by atoms with Gasteiger partial charge in [-0.2, -0.15) is 0 Å². The van der Waals surface area contributed by atoms with Crippen molar-refractivity contribution in [3.8, 4) is 67.7 Å². The maximum atomic E-state index is 6.46. The molecule has 1 aromatic heterocycles. The van der Waals surface area contributed by atoms with Gasteiger partial charge in [-0.3, -0.25) is 0 Å². The Morgan fingerprint density at radius 1 is 0.390 bits per heavy atom. The highest BCUT2D eigenvalue weighted by atomic mass is 16.5. The minimum absolute atomic E-state index is 0.692. The van der Waals surface area contributed by atoms with E-state index in [4.69, 9.17) is 14.7 Å². The first-order valence-corrected chi connectivity index (χ1v) is 13.7. The van der Waals surface area contributed by atoms with Gasteiger partial charge in [-0.25, -0.2) is 9.97 Å². The van der Waals surface area contributed by atoms with Crippen LogP contribution >= 0.6 is 0 Å². The van der Waals surface area contributed by atoms with Crippen LogP contribution in [0.25, 0.3) is 66.9 Å². The van der Waals surface area contributed by atoms with Gasteiger partial charge in [0.1, 0.15) is 11.5 Å². The lowest BCUT2D eigenvalue weighted by atomic mass is 9.93. The zero-order valence-electron chi connectivity index (χ0n) is 22.2. The van der Waals surface area contributed by atoms with Crippen molar-refractivity contribution in [3.63, 3.8) is 0 Å². The van der Waals surface area contributed by atoms with Crippen molar-refractivity contribution >= 4 is 10.8 Å². The third kappa shape index (κ3) is 4.16. The highest BCUT2D eigenvalue weighted by Crippen LogP contribution is 2.47. The van der Waals surface area contributed by atoms with Gasteiger partial charge in [0.25, 0.3) is 0 Å². The zero-order valence-corrected chi connectivity index (χ0v) is 22.2. The van der Waals surface area contributed by atoms with E-state index in [0.29, 0.717) is 5.82 Å². The van der Waals surface area contributed by atoms with Gasteiger partial charge in [-0.05, 0) is 52.4 Å². The molecule has 192 valence electrons. The van der Waals surface area contributed by atoms with Crippen LogP contribution in [0.4, 0.5) is 0 Å². The first kappa shape index (κ1) is 23.4. The molecule has 0 atom stereocenters. The van der Waals surface area contributed by atoms with Crippen LogP contribution in [-0.2, 0) is 0 Å². The molecule has 0 fully saturated rings. The Morgan fingerprint density at radius 2 is 1.02 bits per heavy atom. The number of aromatic nitrogens is 2. The predicted molar refractivity (Wildman–Crippen MR) is 167 cm³/mol. The van der Waals surface area contributed by atoms with Crippen LogP contribution in [0.5, 0.6) is 11.5 Å². The van der Waals surface area contributed by atoms with Crippen LogP contribution in [0.1, 0.15) is 0 Å². The molecule has 0 unspecified atom stereocenters. The number of ether oxygens (including phenoxy) is 1. The topological polar surface area (TPSA) is 35.0 Å². The van der Waals surface area contributed by atoms with Crippen molar-refractivity contribution < 1.29 is 4.74 Å². The van der Waals surface area contributed by atoms with E-state index in [1.165, 1.54) is 16.5 Å². The molecule has 0 saturated heterocycles. The second-order valence-electron chi connectivity index (χ2n) is 10.2. The third-order valence-corrected chi connectivity index (χ3v) is 7.68. The van der Waals surface area contributed by atoms with Crippen LogP contribution in [-0.4, -0.2) is 9.97 Å². The molecule has 0 saturated carbocycles. The lowest BCUT2D eigenvalue weighted by Crippen LogP contribution is -1.99. The van der Waals surface area contributed by atoms with Crippen LogP contribution in [0.2, 0.25) is 0 Å². The molecule has 2 heterocycles. The SMILES string of the molecule is c1ccc(-c2cccc(-c3cc(-c4ccc5c(c4)Oc4cccc6cccc-5c46)nc(-c4ccccc4)n3)c2)cc1. The van der Waals surface area contributed by atoms with Gasteiger partial charge in [0, 0.05) is 27.6 Å². The minimum atomic E-state index is 0.692. The second kappa shape index (κ2) is 9.58. The van der Waals surface area contributed by atoms with Crippen LogP contribution in [0, 0.1) is 0 Å². The molecule has 8 rings (SSSR count). The maximum absolute atomic E-state index is 6.46. The highest BCUT2D eigenvalue weighted by molar-refractivity contribution is 6.04. The summed E-state index contributed by atoms with van der Waals surface area (Å²) in [4.78, 5) is 10.1. The average molecular weight is 525 g/mol. The predicted octanol–water partition coefficient (Wildman–Crippen LogP) is 10.1. The zero-order chi connectivity index (χ0) is 27.2. The normalized spacial score (nSPS) is 11.6. The Labute approximate surface area is 238 Å². The molecule has 0 radical (unpaired) electrons. The molecule has 0 N–H and O–H groups in total. The van der Waals surface area contributed by atoms with Crippen molar-refractivity contribution in [3.05, 3.63) is 146 Å². The Balaban J connectivity index is 1.28. The smallest absolute Gasteiger partial charge is 0.160 e. The van der Waals surface area contributed by atoms with Crippen molar-refractivity contribution in [2.24, 2.45) is 0 Å². The van der Waals surface area contributed by atoms with E-state index in [-0.39, 0.29) is 0 Å². The Hall–Kier alpha value is -5.54. The monoisotopic (exact) mass is 524 g/mol. The molecule has 0 aliphatic carbocycles. The summed E-state index contributed by atoms with van der Waals surface area (Å²) in [6.07, 6.45) is 0. The quantitative estimate of drug-likeness (QED) is 0.230. The largest absolute Gasteiger partial charge is 0.456 e. The molecule has 6 aromatic carbocycles. The fourth-order valence-electron chi connectivity index (χ4n) is 5.67. The van der Waals surface area contributed by atoms with Gasteiger partial charge in [0.05, 0.1) is 11.4 Å². The van der Waals surface area contributed by atoms with Crippen LogP contribution in [0.15, 0.2) is 146 Å². The first-order chi connectivity index (χ1) is 20.3. The van der Waals surface area contributed by atoms with Gasteiger partial charge in [-0.1, -0.05) is 115 Å². The van der Waals surface area contributed by atoms with Crippen LogP contribution < -0.4 is 4.74 Å². The number of hydrogen-bond donors (Lipinski definition) is 0. The molecule has 0 amide bonds. The molecule has 1 aliphatic rings. The lowest BCUT2D eigenvalue weighted by molar-refractivity contribution is 0.487. The standard InChI is InChI=1S/C38H24N2O/c1-3-10-25(11-4-1)28-16-7-17-29(22-28)33-24-34(40-38(39-33)27-12-5-2-6-13-27)30-20-21-31-32-18-8-14-26-15-9-19-35(37(26)32)41-36(31)23-30/h1-24H. The molecular formula is C38H24N2O. The summed E-state index contributed by atoms with van der Waals surface area (Å²) < 4.78 is 6.46. The molecule has 0 spiro atoms. The summed E-state index contributed by atoms with van der Waals surface area (Å²) >= 11 is 0. The molecule has 3 heteroatoms. The molecule has 3 nitrogen and oxygen atoms in total. The molecule has 41 heavy (non-hydrogen) atoms. The number of hydrogen-bond acceptors (Lipinski definition) is 3. The van der Waals surface area contributed by atoms with Crippen LogP contribution in [0.3, 0.4) is 0 Å². The summed E-state index contributed by atoms with van der Waals surface area (Å²) in [6, 6.07) is 50.2. The average Bonchev–Trinajstić information content (AvgIpc) is 3.05. The fraction of sp³-hybridized carbons (Fsp3) is 0. The minimum Gasteiger partial charge on any atom is -0.456 e. The van der Waals surface area contributed by atoms with Gasteiger partial charge in [-0.15, -0.1) is 0 Å². The first-order valence-electron chi connectivity index (χ1n) is 13.7. The Kier molecular flexibility index (Phi) is 5.46. The van der Waals surface area contributed by atoms with Crippen molar-refractivity contribution in [2.75, 3.05) is 0 Å². The number of nitrogens with zero attached hydrogens (tertiary/aromatic N) is 2. The summed E-state index contributed by atoms with van der Waals surface area (Å²) in [5.41, 5.74) is 9.33. The van der Waals surface area contributed by atoms with Gasteiger partial charge >= 0.3 is 0 Å². The molecule has 0 bridgehead atoms. The van der Waals surface area contributed by atoms with Crippen molar-refractivity contribution in [2.45, 2.75) is 0 Å². The van der Waals surface area contributed by atoms with E-state index in [0.717, 1.165) is 56.1 Å². The molecular weight excluding hydrogens is 500 g/mol. The summed E-state index contributed by atoms with van der Waals surface area (Å²) in [7, 11) is 0.